The number of H-pyrrole nitrogens is 1. The number of halogens is 3. The normalized spacial score (nSPS) is 11.3. The summed E-state index contributed by atoms with van der Waals surface area (Å²) >= 11 is 0. The van der Waals surface area contributed by atoms with Crippen LogP contribution in [0.15, 0.2) is 77.7 Å². The van der Waals surface area contributed by atoms with Crippen molar-refractivity contribution in [2.45, 2.75) is 19.3 Å². The molecule has 2 heterocycles. The molecule has 0 aliphatic rings. The number of alkyl halides is 3. The molecule has 0 fully saturated rings. The number of rotatable bonds is 6. The van der Waals surface area contributed by atoms with Gasteiger partial charge >= 0.3 is 12.2 Å². The number of urea groups is 1. The zero-order valence-electron chi connectivity index (χ0n) is 17.6. The molecule has 2 aromatic heterocycles. The van der Waals surface area contributed by atoms with E-state index < -0.39 is 17.9 Å². The van der Waals surface area contributed by atoms with Crippen molar-refractivity contribution in [1.29, 1.82) is 0 Å². The molecule has 3 N–H and O–H groups in total. The van der Waals surface area contributed by atoms with Crippen molar-refractivity contribution in [2.75, 3.05) is 5.32 Å². The lowest BCUT2D eigenvalue weighted by atomic mass is 10.1. The van der Waals surface area contributed by atoms with E-state index in [1.54, 1.807) is 48.5 Å². The second-order valence-electron chi connectivity index (χ2n) is 7.31. The summed E-state index contributed by atoms with van der Waals surface area (Å²) in [6.45, 7) is -0.120. The minimum absolute atomic E-state index is 0.0128. The van der Waals surface area contributed by atoms with E-state index in [1.165, 1.54) is 12.3 Å². The Labute approximate surface area is 191 Å². The van der Waals surface area contributed by atoms with Gasteiger partial charge in [-0.25, -0.2) is 9.78 Å². The fraction of sp³-hybridized carbons (Fsp3) is 0.125. The number of fused-ring (bicyclic) bond motifs is 1. The van der Waals surface area contributed by atoms with Crippen LogP contribution in [0.2, 0.25) is 0 Å². The van der Waals surface area contributed by atoms with E-state index in [0.29, 0.717) is 16.5 Å². The number of aromatic amines is 1. The first-order valence-corrected chi connectivity index (χ1v) is 10.2. The first kappa shape index (κ1) is 22.8. The van der Waals surface area contributed by atoms with Gasteiger partial charge in [0, 0.05) is 29.1 Å². The first-order valence-electron chi connectivity index (χ1n) is 10.2. The smallest absolute Gasteiger partial charge is 0.433 e. The molecule has 0 spiro atoms. The predicted molar refractivity (Wildman–Crippen MR) is 120 cm³/mol. The quantitative estimate of drug-likeness (QED) is 0.377. The van der Waals surface area contributed by atoms with Gasteiger partial charge in [0.25, 0.3) is 5.56 Å². The molecule has 174 valence electrons. The van der Waals surface area contributed by atoms with Crippen LogP contribution in [0.3, 0.4) is 0 Å². The standard InChI is InChI=1S/C24H19F3N4O3/c25-24(26,27)20-10-9-16(22(31-20)34-14-15-5-2-1-3-6-15)13-29-23(33)30-19-8-4-7-18-17(19)11-12-28-21(18)32/h1-12H,13-14H2,(H,28,32)(H2,29,30,33). The summed E-state index contributed by atoms with van der Waals surface area (Å²) in [6.07, 6.45) is -3.17. The number of carbonyl (C=O) groups is 1. The molecule has 0 bridgehead atoms. The first-order chi connectivity index (χ1) is 16.3. The van der Waals surface area contributed by atoms with E-state index in [0.717, 1.165) is 11.6 Å². The number of hydrogen-bond acceptors (Lipinski definition) is 4. The maximum atomic E-state index is 13.2. The Kier molecular flexibility index (Phi) is 6.48. The van der Waals surface area contributed by atoms with Crippen molar-refractivity contribution >= 4 is 22.5 Å². The maximum absolute atomic E-state index is 13.2. The maximum Gasteiger partial charge on any atom is 0.433 e. The van der Waals surface area contributed by atoms with Gasteiger partial charge in [-0.3, -0.25) is 4.79 Å². The summed E-state index contributed by atoms with van der Waals surface area (Å²) < 4.78 is 45.0. The topological polar surface area (TPSA) is 96.1 Å². The Morgan fingerprint density at radius 1 is 0.971 bits per heavy atom. The van der Waals surface area contributed by atoms with Crippen molar-refractivity contribution < 1.29 is 22.7 Å². The van der Waals surface area contributed by atoms with Gasteiger partial charge < -0.3 is 20.4 Å². The number of hydrogen-bond donors (Lipinski definition) is 3. The van der Waals surface area contributed by atoms with Crippen LogP contribution in [0.5, 0.6) is 5.88 Å². The van der Waals surface area contributed by atoms with Gasteiger partial charge in [0.05, 0.1) is 5.69 Å². The van der Waals surface area contributed by atoms with E-state index in [4.69, 9.17) is 4.74 Å². The summed E-state index contributed by atoms with van der Waals surface area (Å²) in [5, 5.41) is 6.19. The number of pyridine rings is 2. The molecule has 4 rings (SSSR count). The molecule has 0 aliphatic heterocycles. The van der Waals surface area contributed by atoms with Gasteiger partial charge in [-0.15, -0.1) is 0 Å². The Hall–Kier alpha value is -4.34. The van der Waals surface area contributed by atoms with Crippen molar-refractivity contribution in [3.05, 3.63) is 100 Å². The third kappa shape index (κ3) is 5.34. The number of nitrogens with zero attached hydrogens (tertiary/aromatic N) is 1. The van der Waals surface area contributed by atoms with Crippen molar-refractivity contribution in [3.63, 3.8) is 0 Å². The number of aromatic nitrogens is 2. The van der Waals surface area contributed by atoms with E-state index in [9.17, 15) is 22.8 Å². The van der Waals surface area contributed by atoms with Crippen LogP contribution in [0.4, 0.5) is 23.7 Å². The molecule has 0 atom stereocenters. The molecule has 34 heavy (non-hydrogen) atoms. The Morgan fingerprint density at radius 3 is 2.53 bits per heavy atom. The summed E-state index contributed by atoms with van der Waals surface area (Å²) in [6, 6.07) is 16.9. The van der Waals surface area contributed by atoms with E-state index >= 15 is 0 Å². The second-order valence-corrected chi connectivity index (χ2v) is 7.31. The van der Waals surface area contributed by atoms with Gasteiger partial charge in [0.15, 0.2) is 0 Å². The van der Waals surface area contributed by atoms with Crippen molar-refractivity contribution in [2.24, 2.45) is 0 Å². The minimum Gasteiger partial charge on any atom is -0.473 e. The molecule has 2 amide bonds. The van der Waals surface area contributed by atoms with Crippen LogP contribution < -0.4 is 20.9 Å². The second kappa shape index (κ2) is 9.65. The summed E-state index contributed by atoms with van der Waals surface area (Å²) in [5.74, 6) is -0.226. The molecule has 0 unspecified atom stereocenters. The molecule has 2 aromatic carbocycles. The Bertz CT molecular complexity index is 1370. The highest BCUT2D eigenvalue weighted by Crippen LogP contribution is 2.30. The largest absolute Gasteiger partial charge is 0.473 e. The fourth-order valence-electron chi connectivity index (χ4n) is 3.28. The van der Waals surface area contributed by atoms with E-state index in [2.05, 4.69) is 20.6 Å². The molecule has 0 radical (unpaired) electrons. The lowest BCUT2D eigenvalue weighted by Crippen LogP contribution is -2.28. The monoisotopic (exact) mass is 468 g/mol. The third-order valence-corrected chi connectivity index (χ3v) is 4.95. The Balaban J connectivity index is 1.50. The van der Waals surface area contributed by atoms with Gasteiger partial charge in [-0.05, 0) is 35.9 Å². The highest BCUT2D eigenvalue weighted by Gasteiger charge is 2.33. The number of carbonyl (C=O) groups excluding carboxylic acids is 1. The van der Waals surface area contributed by atoms with Gasteiger partial charge in [-0.2, -0.15) is 13.2 Å². The highest BCUT2D eigenvalue weighted by atomic mass is 19.4. The number of amides is 2. The van der Waals surface area contributed by atoms with Crippen LogP contribution in [-0.4, -0.2) is 16.0 Å². The summed E-state index contributed by atoms with van der Waals surface area (Å²) in [7, 11) is 0. The van der Waals surface area contributed by atoms with E-state index in [-0.39, 0.29) is 30.2 Å². The van der Waals surface area contributed by atoms with Crippen LogP contribution in [-0.2, 0) is 19.3 Å². The number of ether oxygens (including phenoxy) is 1. The molecule has 4 aromatic rings. The van der Waals surface area contributed by atoms with Crippen LogP contribution in [0, 0.1) is 0 Å². The van der Waals surface area contributed by atoms with E-state index in [1.807, 2.05) is 6.07 Å². The zero-order chi connectivity index (χ0) is 24.1. The molecule has 0 saturated heterocycles. The summed E-state index contributed by atoms with van der Waals surface area (Å²) in [4.78, 5) is 30.6. The van der Waals surface area contributed by atoms with Crippen molar-refractivity contribution in [1.82, 2.24) is 15.3 Å². The van der Waals surface area contributed by atoms with Crippen LogP contribution >= 0.6 is 0 Å². The third-order valence-electron chi connectivity index (χ3n) is 4.95. The molecular formula is C24H19F3N4O3. The van der Waals surface area contributed by atoms with Gasteiger partial charge in [0.1, 0.15) is 12.3 Å². The number of nitrogens with one attached hydrogen (secondary N) is 3. The fourth-order valence-corrected chi connectivity index (χ4v) is 3.28. The minimum atomic E-state index is -4.64. The average Bonchev–Trinajstić information content (AvgIpc) is 2.82. The number of anilines is 1. The molecule has 10 heteroatoms. The van der Waals surface area contributed by atoms with Crippen LogP contribution in [0.25, 0.3) is 10.8 Å². The van der Waals surface area contributed by atoms with Gasteiger partial charge in [-0.1, -0.05) is 36.4 Å². The molecule has 7 nitrogen and oxygen atoms in total. The highest BCUT2D eigenvalue weighted by molar-refractivity contribution is 6.01. The Morgan fingerprint density at radius 2 is 1.76 bits per heavy atom. The molecule has 0 aliphatic carbocycles. The number of benzene rings is 2. The average molecular weight is 468 g/mol. The lowest BCUT2D eigenvalue weighted by Gasteiger charge is -2.15. The molecule has 0 saturated carbocycles. The predicted octanol–water partition coefficient (Wildman–Crippen LogP) is 4.84. The van der Waals surface area contributed by atoms with Crippen molar-refractivity contribution in [3.8, 4) is 5.88 Å². The van der Waals surface area contributed by atoms with Crippen LogP contribution in [0.1, 0.15) is 16.8 Å². The van der Waals surface area contributed by atoms with Gasteiger partial charge in [0.2, 0.25) is 5.88 Å². The lowest BCUT2D eigenvalue weighted by molar-refractivity contribution is -0.141. The SMILES string of the molecule is O=C(NCc1ccc(C(F)(F)F)nc1OCc1ccccc1)Nc1cccc2c(=O)[nH]ccc12. The molecular weight excluding hydrogens is 449 g/mol. The summed E-state index contributed by atoms with van der Waals surface area (Å²) in [5.41, 5.74) is 0.0484. The zero-order valence-corrected chi connectivity index (χ0v) is 17.6.